The molecule has 0 bridgehead atoms. The van der Waals surface area contributed by atoms with Crippen molar-refractivity contribution in [3.63, 3.8) is 0 Å². The number of rotatable bonds is 0. The van der Waals surface area contributed by atoms with Gasteiger partial charge < -0.3 is 0 Å². The Morgan fingerprint density at radius 3 is 0.727 bits per heavy atom. The average molecular weight is 307 g/mol. The van der Waals surface area contributed by atoms with Gasteiger partial charge in [-0.25, -0.2) is 0 Å². The predicted octanol–water partition coefficient (Wildman–Crippen LogP) is 8.75. The molecule has 0 heteroatoms. The monoisotopic (exact) mass is 306 g/mol. The van der Waals surface area contributed by atoms with E-state index in [-0.39, 0.29) is 0 Å². The molecule has 0 unspecified atom stereocenters. The fraction of sp³-hybridized carbons (Fsp3) is 0.545. The largest absolute Gasteiger partial charge is 0.0683 e. The zero-order valence-corrected chi connectivity index (χ0v) is 17.0. The molecule has 0 spiro atoms. The van der Waals surface area contributed by atoms with Gasteiger partial charge in [0.1, 0.15) is 0 Å². The lowest BCUT2D eigenvalue weighted by atomic mass is 10.1. The van der Waals surface area contributed by atoms with Crippen molar-refractivity contribution in [1.29, 1.82) is 0 Å². The number of hydrogen-bond donors (Lipinski definition) is 0. The summed E-state index contributed by atoms with van der Waals surface area (Å²) in [5.41, 5.74) is 0. The van der Waals surface area contributed by atoms with E-state index in [2.05, 4.69) is 76.2 Å². The molecule has 0 radical (unpaired) electrons. The van der Waals surface area contributed by atoms with Crippen LogP contribution in [0.5, 0.6) is 0 Å². The molecule has 0 aliphatic carbocycles. The fourth-order valence-electron chi connectivity index (χ4n) is 1.13. The van der Waals surface area contributed by atoms with Crippen molar-refractivity contribution in [2.75, 3.05) is 0 Å². The molecule has 0 amide bonds. The summed E-state index contributed by atoms with van der Waals surface area (Å²) in [5.74, 6) is 0. The van der Waals surface area contributed by atoms with Gasteiger partial charge in [0.2, 0.25) is 0 Å². The molecule has 2 rings (SSSR count). The van der Waals surface area contributed by atoms with Crippen molar-refractivity contribution in [3.05, 3.63) is 48.5 Å². The molecule has 22 heavy (non-hydrogen) atoms. The van der Waals surface area contributed by atoms with E-state index in [9.17, 15) is 0 Å². The van der Waals surface area contributed by atoms with E-state index in [0.29, 0.717) is 0 Å². The summed E-state index contributed by atoms with van der Waals surface area (Å²) in [6.07, 6.45) is 2.50. The van der Waals surface area contributed by atoms with Crippen molar-refractivity contribution in [2.24, 2.45) is 0 Å². The van der Waals surface area contributed by atoms with Crippen LogP contribution in [0.1, 0.15) is 82.1 Å². The molecule has 0 nitrogen and oxygen atoms in total. The smallest absolute Gasteiger partial charge is 0.0184 e. The second kappa shape index (κ2) is 31.9. The molecule has 2 aromatic rings. The lowest BCUT2D eigenvalue weighted by Gasteiger charge is -1.92. The van der Waals surface area contributed by atoms with Crippen LogP contribution in [0.2, 0.25) is 0 Å². The average Bonchev–Trinajstić information content (AvgIpc) is 2.62. The maximum Gasteiger partial charge on any atom is -0.0184 e. The maximum atomic E-state index is 2.12. The second-order valence-electron chi connectivity index (χ2n) is 3.76. The highest BCUT2D eigenvalue weighted by molar-refractivity contribution is 5.81. The van der Waals surface area contributed by atoms with Crippen LogP contribution in [0.15, 0.2) is 48.5 Å². The van der Waals surface area contributed by atoms with E-state index < -0.39 is 0 Å². The summed E-state index contributed by atoms with van der Waals surface area (Å²) in [5, 5.41) is 2.62. The van der Waals surface area contributed by atoms with E-state index in [0.717, 1.165) is 0 Å². The molecule has 0 aliphatic heterocycles. The molecule has 0 N–H and O–H groups in total. The Labute approximate surface area is 142 Å². The van der Waals surface area contributed by atoms with Crippen LogP contribution in [0.25, 0.3) is 10.8 Å². The predicted molar refractivity (Wildman–Crippen MR) is 110 cm³/mol. The van der Waals surface area contributed by atoms with E-state index in [1.807, 2.05) is 41.5 Å². The van der Waals surface area contributed by atoms with Crippen LogP contribution in [-0.2, 0) is 0 Å². The van der Waals surface area contributed by atoms with E-state index in [1.54, 1.807) is 0 Å². The summed E-state index contributed by atoms with van der Waals surface area (Å²) in [4.78, 5) is 0. The molecular weight excluding hydrogens is 264 g/mol. The Morgan fingerprint density at radius 1 is 0.455 bits per heavy atom. The van der Waals surface area contributed by atoms with Crippen LogP contribution in [0.4, 0.5) is 0 Å². The zero-order valence-electron chi connectivity index (χ0n) is 17.0. The van der Waals surface area contributed by atoms with Gasteiger partial charge in [-0.1, -0.05) is 131 Å². The summed E-state index contributed by atoms with van der Waals surface area (Å²) in [6, 6.07) is 16.7. The third-order valence-corrected chi connectivity index (χ3v) is 1.66. The first-order chi connectivity index (χ1) is 10.8. The first kappa shape index (κ1) is 28.8. The number of benzene rings is 2. The minimum absolute atomic E-state index is 1.25. The highest BCUT2D eigenvalue weighted by Crippen LogP contribution is 2.11. The van der Waals surface area contributed by atoms with Crippen molar-refractivity contribution in [1.82, 2.24) is 0 Å². The summed E-state index contributed by atoms with van der Waals surface area (Å²) in [7, 11) is 0. The lowest BCUT2D eigenvalue weighted by Crippen LogP contribution is -1.67. The standard InChI is InChI=1S/C10H8.2C3H8.3C2H6/c1-2-6-10-8-4-3-7-9(10)5-1;2*1-3-2;3*1-2/h1-8H;2*3H2,1-2H3;3*1-2H3. The van der Waals surface area contributed by atoms with Crippen molar-refractivity contribution >= 4 is 10.8 Å². The quantitative estimate of drug-likeness (QED) is 0.456. The second-order valence-corrected chi connectivity index (χ2v) is 3.76. The summed E-state index contributed by atoms with van der Waals surface area (Å²) < 4.78 is 0. The van der Waals surface area contributed by atoms with Gasteiger partial charge in [0.15, 0.2) is 0 Å². The molecule has 0 saturated heterocycles. The molecular formula is C22H42. The lowest BCUT2D eigenvalue weighted by molar-refractivity contribution is 1.09. The zero-order chi connectivity index (χ0) is 18.2. The van der Waals surface area contributed by atoms with Gasteiger partial charge in [0, 0.05) is 0 Å². The van der Waals surface area contributed by atoms with Crippen LogP contribution >= 0.6 is 0 Å². The highest BCUT2D eigenvalue weighted by Gasteiger charge is 1.85. The topological polar surface area (TPSA) is 0 Å². The van der Waals surface area contributed by atoms with Crippen molar-refractivity contribution < 1.29 is 0 Å². The molecule has 2 aromatic carbocycles. The molecule has 0 aromatic heterocycles. The van der Waals surface area contributed by atoms with Gasteiger partial charge in [-0.05, 0) is 10.8 Å². The van der Waals surface area contributed by atoms with Crippen LogP contribution in [0, 0.1) is 0 Å². The highest BCUT2D eigenvalue weighted by atomic mass is 13.9. The minimum Gasteiger partial charge on any atom is -0.0683 e. The van der Waals surface area contributed by atoms with E-state index >= 15 is 0 Å². The third-order valence-electron chi connectivity index (χ3n) is 1.66. The molecule has 0 fully saturated rings. The summed E-state index contributed by atoms with van der Waals surface area (Å²) >= 11 is 0. The first-order valence-corrected chi connectivity index (χ1v) is 9.23. The Bertz CT molecular complexity index is 296. The van der Waals surface area contributed by atoms with Gasteiger partial charge in [-0.3, -0.25) is 0 Å². The van der Waals surface area contributed by atoms with Gasteiger partial charge in [0.05, 0.1) is 0 Å². The van der Waals surface area contributed by atoms with E-state index in [4.69, 9.17) is 0 Å². The van der Waals surface area contributed by atoms with Gasteiger partial charge >= 0.3 is 0 Å². The van der Waals surface area contributed by atoms with Crippen LogP contribution < -0.4 is 0 Å². The van der Waals surface area contributed by atoms with Gasteiger partial charge in [-0.15, -0.1) is 0 Å². The SMILES string of the molecule is CC.CC.CC.CCC.CCC.c1ccc2ccccc2c1. The number of hydrogen-bond acceptors (Lipinski definition) is 0. The Morgan fingerprint density at radius 2 is 0.591 bits per heavy atom. The molecule has 0 saturated carbocycles. The Balaban J connectivity index is -0.000000115. The van der Waals surface area contributed by atoms with Gasteiger partial charge in [0.25, 0.3) is 0 Å². The van der Waals surface area contributed by atoms with E-state index in [1.165, 1.54) is 23.6 Å². The van der Waals surface area contributed by atoms with Crippen molar-refractivity contribution in [2.45, 2.75) is 82.1 Å². The van der Waals surface area contributed by atoms with Crippen LogP contribution in [-0.4, -0.2) is 0 Å². The maximum absolute atomic E-state index is 2.12. The van der Waals surface area contributed by atoms with Crippen LogP contribution in [0.3, 0.4) is 0 Å². The molecule has 130 valence electrons. The fourth-order valence-corrected chi connectivity index (χ4v) is 1.13. The third kappa shape index (κ3) is 21.0. The van der Waals surface area contributed by atoms with Crippen molar-refractivity contribution in [3.8, 4) is 0 Å². The summed E-state index contributed by atoms with van der Waals surface area (Å²) in [6.45, 7) is 20.5. The van der Waals surface area contributed by atoms with Gasteiger partial charge in [-0.2, -0.15) is 0 Å². The first-order valence-electron chi connectivity index (χ1n) is 9.23. The normalized spacial score (nSPS) is 7.00. The Kier molecular flexibility index (Phi) is 41.7. The Hall–Kier alpha value is -1.30. The molecule has 0 heterocycles. The number of fused-ring (bicyclic) bond motifs is 1. The molecule has 0 atom stereocenters. The molecule has 0 aliphatic rings. The minimum atomic E-state index is 1.25.